The van der Waals surface area contributed by atoms with E-state index >= 15 is 0 Å². The summed E-state index contributed by atoms with van der Waals surface area (Å²) in [5, 5.41) is 5.83. The number of ether oxygens (including phenoxy) is 2. The van der Waals surface area contributed by atoms with Crippen molar-refractivity contribution >= 4 is 37.1 Å². The van der Waals surface area contributed by atoms with Gasteiger partial charge in [-0.2, -0.15) is 0 Å². The monoisotopic (exact) mass is 489 g/mol. The lowest BCUT2D eigenvalue weighted by Crippen LogP contribution is -2.37. The Hall–Kier alpha value is -4.03. The minimum Gasteiger partial charge on any atom is -0.468 e. The molecule has 1 amide bonds. The molecule has 1 saturated heterocycles. The van der Waals surface area contributed by atoms with E-state index in [1.54, 1.807) is 20.4 Å². The van der Waals surface area contributed by atoms with E-state index in [2.05, 4.69) is 30.4 Å². The van der Waals surface area contributed by atoms with Crippen LogP contribution in [0.4, 0.5) is 17.2 Å². The zero-order chi connectivity index (χ0) is 25.5. The van der Waals surface area contributed by atoms with Gasteiger partial charge in [-0.1, -0.05) is 24.3 Å². The molecule has 1 fully saturated rings. The van der Waals surface area contributed by atoms with Crippen molar-refractivity contribution in [3.8, 4) is 11.3 Å². The highest BCUT2D eigenvalue weighted by molar-refractivity contribution is 6.07. The summed E-state index contributed by atoms with van der Waals surface area (Å²) in [6, 6.07) is 8.92. The Morgan fingerprint density at radius 1 is 1.19 bits per heavy atom. The third kappa shape index (κ3) is 5.78. The lowest BCUT2D eigenvalue weighted by atomic mass is 10.0. The van der Waals surface area contributed by atoms with Gasteiger partial charge in [-0.05, 0) is 18.1 Å². The molecule has 3 aromatic rings. The number of benzene rings is 1. The third-order valence-corrected chi connectivity index (χ3v) is 5.94. The van der Waals surface area contributed by atoms with Crippen LogP contribution in [0, 0.1) is 0 Å². The fraction of sp³-hybridized carbons (Fsp3) is 0.292. The van der Waals surface area contributed by atoms with Gasteiger partial charge in [-0.3, -0.25) is 14.6 Å². The van der Waals surface area contributed by atoms with E-state index in [0.29, 0.717) is 31.0 Å². The summed E-state index contributed by atoms with van der Waals surface area (Å²) in [7, 11) is 3.07. The molecule has 0 saturated carbocycles. The van der Waals surface area contributed by atoms with Crippen LogP contribution < -0.4 is 21.2 Å². The highest BCUT2D eigenvalue weighted by atomic mass is 16.5. The van der Waals surface area contributed by atoms with E-state index in [0.717, 1.165) is 29.9 Å². The Bertz CT molecular complexity index is 1220. The molecule has 0 bridgehead atoms. The predicted octanol–water partition coefficient (Wildman–Crippen LogP) is 0.431. The van der Waals surface area contributed by atoms with Gasteiger partial charge in [0.25, 0.3) is 5.91 Å². The van der Waals surface area contributed by atoms with Crippen LogP contribution in [0.2, 0.25) is 0 Å². The van der Waals surface area contributed by atoms with Gasteiger partial charge in [0, 0.05) is 24.8 Å². The van der Waals surface area contributed by atoms with Crippen LogP contribution in [0.15, 0.2) is 48.9 Å². The maximum Gasteiger partial charge on any atom is 0.322 e. The number of methoxy groups -OCH3 is 1. The number of pyridine rings is 1. The number of rotatable bonds is 8. The minimum atomic E-state index is -0.476. The van der Waals surface area contributed by atoms with Gasteiger partial charge in [-0.25, -0.2) is 9.97 Å². The molecule has 4 N–H and O–H groups in total. The van der Waals surface area contributed by atoms with Crippen molar-refractivity contribution in [1.82, 2.24) is 20.2 Å². The number of nitrogen functional groups attached to an aromatic ring is 1. The third-order valence-electron chi connectivity index (χ3n) is 5.94. The first-order valence-corrected chi connectivity index (χ1v) is 11.5. The normalized spacial score (nSPS) is 14.2. The van der Waals surface area contributed by atoms with Crippen LogP contribution in [0.1, 0.15) is 16.1 Å². The molecule has 0 unspecified atom stereocenters. The summed E-state index contributed by atoms with van der Waals surface area (Å²) >= 11 is 0. The second-order valence-corrected chi connectivity index (χ2v) is 8.20. The topological polar surface area (TPSA) is 145 Å². The molecule has 4 rings (SSSR count). The number of nitrogens with zero attached hydrogens (tertiary/aromatic N) is 4. The first kappa shape index (κ1) is 25.1. The molecule has 0 spiro atoms. The van der Waals surface area contributed by atoms with Crippen LogP contribution in [-0.4, -0.2) is 74.3 Å². The van der Waals surface area contributed by atoms with Crippen molar-refractivity contribution in [3.63, 3.8) is 0 Å². The standard InChI is InChI=1S/C24H28BN7O4/c1-35-24(34)17(31-25)12-15-2-4-16(5-3-15)18-14-28-22(26)21(29-18)23(33)30-19-13-27-7-6-20(19)32-8-10-36-11-9-32/h2-7,13-14,17,31H,8-12,25H2,1H3,(H2,26,28)(H,30,33)/t17-/m1/s1. The number of nitrogens with two attached hydrogens (primary N) is 1. The van der Waals surface area contributed by atoms with E-state index < -0.39 is 11.9 Å². The molecule has 1 aliphatic rings. The summed E-state index contributed by atoms with van der Waals surface area (Å²) in [6.45, 7) is 2.67. The van der Waals surface area contributed by atoms with E-state index in [9.17, 15) is 9.59 Å². The second-order valence-electron chi connectivity index (χ2n) is 8.20. The van der Waals surface area contributed by atoms with Crippen LogP contribution in [-0.2, 0) is 20.7 Å². The largest absolute Gasteiger partial charge is 0.468 e. The van der Waals surface area contributed by atoms with Gasteiger partial charge in [0.2, 0.25) is 0 Å². The van der Waals surface area contributed by atoms with Gasteiger partial charge < -0.3 is 30.7 Å². The molecule has 3 heterocycles. The molecule has 0 aliphatic carbocycles. The van der Waals surface area contributed by atoms with Gasteiger partial charge in [0.1, 0.15) is 0 Å². The molecule has 2 aromatic heterocycles. The SMILES string of the molecule is BN[C@H](Cc1ccc(-c2cnc(N)c(C(=O)Nc3cnccc3N3CCOCC3)n2)cc1)C(=O)OC. The maximum absolute atomic E-state index is 13.1. The summed E-state index contributed by atoms with van der Waals surface area (Å²) in [6.07, 6.45) is 5.28. The fourth-order valence-electron chi connectivity index (χ4n) is 3.94. The van der Waals surface area contributed by atoms with Crippen molar-refractivity contribution in [2.24, 2.45) is 0 Å². The first-order chi connectivity index (χ1) is 17.5. The van der Waals surface area contributed by atoms with E-state index in [-0.39, 0.29) is 17.5 Å². The highest BCUT2D eigenvalue weighted by Crippen LogP contribution is 2.27. The Balaban J connectivity index is 1.52. The van der Waals surface area contributed by atoms with Crippen molar-refractivity contribution in [1.29, 1.82) is 0 Å². The van der Waals surface area contributed by atoms with Gasteiger partial charge in [0.05, 0.1) is 55.8 Å². The number of hydrogen-bond donors (Lipinski definition) is 3. The number of carbonyl (C=O) groups is 2. The van der Waals surface area contributed by atoms with Gasteiger partial charge in [-0.15, -0.1) is 0 Å². The van der Waals surface area contributed by atoms with Crippen molar-refractivity contribution in [2.75, 3.05) is 49.4 Å². The number of anilines is 3. The smallest absolute Gasteiger partial charge is 0.322 e. The molecule has 11 nitrogen and oxygen atoms in total. The summed E-state index contributed by atoms with van der Waals surface area (Å²) in [4.78, 5) is 39.9. The lowest BCUT2D eigenvalue weighted by molar-refractivity contribution is -0.142. The minimum absolute atomic E-state index is 0.0225. The molecular weight excluding hydrogens is 461 g/mol. The predicted molar refractivity (Wildman–Crippen MR) is 138 cm³/mol. The number of amides is 1. The highest BCUT2D eigenvalue weighted by Gasteiger charge is 2.20. The van der Waals surface area contributed by atoms with E-state index in [4.69, 9.17) is 15.2 Å². The number of aromatic nitrogens is 3. The lowest BCUT2D eigenvalue weighted by Gasteiger charge is -2.30. The van der Waals surface area contributed by atoms with Gasteiger partial charge >= 0.3 is 5.97 Å². The zero-order valence-corrected chi connectivity index (χ0v) is 20.2. The number of hydrogen-bond acceptors (Lipinski definition) is 10. The fourth-order valence-corrected chi connectivity index (χ4v) is 3.94. The van der Waals surface area contributed by atoms with E-state index in [1.165, 1.54) is 13.3 Å². The summed E-state index contributed by atoms with van der Waals surface area (Å²) in [5.41, 5.74) is 9.65. The first-order valence-electron chi connectivity index (χ1n) is 11.5. The molecule has 1 atom stereocenters. The molecule has 12 heteroatoms. The quantitative estimate of drug-likeness (QED) is 0.301. The Morgan fingerprint density at radius 2 is 1.94 bits per heavy atom. The number of morpholine rings is 1. The average Bonchev–Trinajstić information content (AvgIpc) is 2.92. The molecule has 36 heavy (non-hydrogen) atoms. The van der Waals surface area contributed by atoms with Crippen molar-refractivity contribution < 1.29 is 19.1 Å². The van der Waals surface area contributed by atoms with Crippen LogP contribution in [0.5, 0.6) is 0 Å². The molecule has 186 valence electrons. The van der Waals surface area contributed by atoms with Crippen LogP contribution >= 0.6 is 0 Å². The average molecular weight is 489 g/mol. The van der Waals surface area contributed by atoms with Crippen LogP contribution in [0.3, 0.4) is 0 Å². The van der Waals surface area contributed by atoms with Gasteiger partial charge in [0.15, 0.2) is 19.5 Å². The number of carbonyl (C=O) groups excluding carboxylic acids is 2. The van der Waals surface area contributed by atoms with Crippen molar-refractivity contribution in [3.05, 3.63) is 60.2 Å². The Labute approximate surface area is 209 Å². The van der Waals surface area contributed by atoms with Crippen LogP contribution in [0.25, 0.3) is 11.3 Å². The summed E-state index contributed by atoms with van der Waals surface area (Å²) < 4.78 is 10.2. The zero-order valence-electron chi connectivity index (χ0n) is 20.2. The van der Waals surface area contributed by atoms with E-state index in [1.807, 2.05) is 30.3 Å². The number of nitrogens with one attached hydrogen (secondary N) is 2. The number of esters is 1. The molecule has 0 radical (unpaired) electrons. The second kappa shape index (κ2) is 11.6. The maximum atomic E-state index is 13.1. The molecular formula is C24H28BN7O4. The summed E-state index contributed by atoms with van der Waals surface area (Å²) in [5.74, 6) is -0.775. The Kier molecular flexibility index (Phi) is 8.08. The van der Waals surface area contributed by atoms with Crippen molar-refractivity contribution in [2.45, 2.75) is 12.5 Å². The Morgan fingerprint density at radius 3 is 2.64 bits per heavy atom. The molecule has 1 aromatic carbocycles. The molecule has 1 aliphatic heterocycles.